The summed E-state index contributed by atoms with van der Waals surface area (Å²) in [6.45, 7) is 7.06. The molecule has 0 bridgehead atoms. The number of unbranched alkanes of at least 4 members (excludes halogenated alkanes) is 1. The van der Waals surface area contributed by atoms with Crippen LogP contribution in [0, 0.1) is 0 Å². The van der Waals surface area contributed by atoms with Crippen molar-refractivity contribution >= 4 is 17.5 Å². The van der Waals surface area contributed by atoms with Crippen LogP contribution in [0.5, 0.6) is 5.88 Å². The lowest BCUT2D eigenvalue weighted by atomic mass is 10.3. The maximum atomic E-state index is 5.68. The largest absolute Gasteiger partial charge is 0.474 e. The minimum Gasteiger partial charge on any atom is -0.474 e. The Hall–Kier alpha value is -0.880. The molecule has 0 spiro atoms. The molecule has 0 saturated carbocycles. The molecule has 1 saturated heterocycles. The van der Waals surface area contributed by atoms with Crippen LogP contribution in [-0.4, -0.2) is 53.5 Å². The van der Waals surface area contributed by atoms with E-state index in [1.165, 1.54) is 11.7 Å². The molecule has 2 heterocycles. The van der Waals surface area contributed by atoms with Crippen LogP contribution in [-0.2, 0) is 0 Å². The Labute approximate surface area is 107 Å². The lowest BCUT2D eigenvalue weighted by Crippen LogP contribution is -2.44. The van der Waals surface area contributed by atoms with Crippen LogP contribution < -0.4 is 9.64 Å². The van der Waals surface area contributed by atoms with Gasteiger partial charge in [0.05, 0.1) is 18.3 Å². The molecular formula is C11H20N4OS. The highest BCUT2D eigenvalue weighted by Gasteiger charge is 2.21. The second-order valence-electron chi connectivity index (χ2n) is 4.39. The first-order valence-electron chi connectivity index (χ1n) is 6.20. The monoisotopic (exact) mass is 256 g/mol. The highest BCUT2D eigenvalue weighted by Crippen LogP contribution is 2.26. The number of rotatable bonds is 5. The molecule has 0 N–H and O–H groups in total. The third-order valence-corrected chi connectivity index (χ3v) is 3.48. The fourth-order valence-corrected chi connectivity index (χ4v) is 2.31. The SMILES string of the molecule is CCCCOc1nsnc1N1CCN(C)CC1. The van der Waals surface area contributed by atoms with Crippen LogP contribution >= 0.6 is 11.7 Å². The summed E-state index contributed by atoms with van der Waals surface area (Å²) in [7, 11) is 2.15. The summed E-state index contributed by atoms with van der Waals surface area (Å²) in [6, 6.07) is 0. The molecule has 2 rings (SSSR count). The van der Waals surface area contributed by atoms with Crippen molar-refractivity contribution in [1.29, 1.82) is 0 Å². The summed E-state index contributed by atoms with van der Waals surface area (Å²) in [5.41, 5.74) is 0. The molecule has 0 aromatic carbocycles. The van der Waals surface area contributed by atoms with E-state index < -0.39 is 0 Å². The van der Waals surface area contributed by atoms with Gasteiger partial charge in [-0.15, -0.1) is 4.37 Å². The first kappa shape index (κ1) is 12.6. The van der Waals surface area contributed by atoms with Gasteiger partial charge in [0.2, 0.25) is 5.82 Å². The van der Waals surface area contributed by atoms with Crippen molar-refractivity contribution in [1.82, 2.24) is 13.6 Å². The van der Waals surface area contributed by atoms with E-state index in [1.54, 1.807) is 0 Å². The van der Waals surface area contributed by atoms with E-state index in [-0.39, 0.29) is 0 Å². The molecule has 1 aromatic rings. The predicted molar refractivity (Wildman–Crippen MR) is 70.0 cm³/mol. The topological polar surface area (TPSA) is 41.5 Å². The van der Waals surface area contributed by atoms with Crippen LogP contribution in [0.3, 0.4) is 0 Å². The zero-order chi connectivity index (χ0) is 12.1. The molecular weight excluding hydrogens is 236 g/mol. The average molecular weight is 256 g/mol. The maximum Gasteiger partial charge on any atom is 0.270 e. The van der Waals surface area contributed by atoms with E-state index in [9.17, 15) is 0 Å². The Morgan fingerprint density at radius 2 is 2.00 bits per heavy atom. The molecule has 1 aliphatic rings. The van der Waals surface area contributed by atoms with Crippen molar-refractivity contribution < 1.29 is 4.74 Å². The van der Waals surface area contributed by atoms with Gasteiger partial charge in [-0.05, 0) is 13.5 Å². The third kappa shape index (κ3) is 3.29. The fraction of sp³-hybridized carbons (Fsp3) is 0.818. The lowest BCUT2D eigenvalue weighted by molar-refractivity contribution is 0.292. The quantitative estimate of drug-likeness (QED) is 0.746. The third-order valence-electron chi connectivity index (χ3n) is 2.98. The molecule has 0 amide bonds. The summed E-state index contributed by atoms with van der Waals surface area (Å²) >= 11 is 1.24. The van der Waals surface area contributed by atoms with Gasteiger partial charge >= 0.3 is 0 Å². The molecule has 6 heteroatoms. The standard InChI is InChI=1S/C11H20N4OS/c1-3-4-9-16-11-10(12-17-13-11)15-7-5-14(2)6-8-15/h3-9H2,1-2H3. The molecule has 0 atom stereocenters. The highest BCUT2D eigenvalue weighted by molar-refractivity contribution is 6.99. The first-order valence-corrected chi connectivity index (χ1v) is 6.93. The lowest BCUT2D eigenvalue weighted by Gasteiger charge is -2.32. The fourth-order valence-electron chi connectivity index (χ4n) is 1.79. The zero-order valence-corrected chi connectivity index (χ0v) is 11.4. The normalized spacial score (nSPS) is 17.4. The second kappa shape index (κ2) is 6.16. The minimum absolute atomic E-state index is 0.716. The molecule has 5 nitrogen and oxygen atoms in total. The number of likely N-dealkylation sites (N-methyl/N-ethyl adjacent to an activating group) is 1. The summed E-state index contributed by atoms with van der Waals surface area (Å²) in [5.74, 6) is 1.65. The van der Waals surface area contributed by atoms with E-state index in [0.717, 1.165) is 51.4 Å². The molecule has 17 heavy (non-hydrogen) atoms. The van der Waals surface area contributed by atoms with Gasteiger partial charge in [0, 0.05) is 26.2 Å². The van der Waals surface area contributed by atoms with E-state index in [2.05, 4.69) is 32.5 Å². The van der Waals surface area contributed by atoms with Crippen LogP contribution in [0.15, 0.2) is 0 Å². The molecule has 0 radical (unpaired) electrons. The summed E-state index contributed by atoms with van der Waals surface area (Å²) in [4.78, 5) is 4.60. The number of hydrogen-bond acceptors (Lipinski definition) is 6. The number of ether oxygens (including phenoxy) is 1. The van der Waals surface area contributed by atoms with Gasteiger partial charge in [-0.25, -0.2) is 0 Å². The molecule has 1 aromatic heterocycles. The van der Waals surface area contributed by atoms with Crippen molar-refractivity contribution in [2.45, 2.75) is 19.8 Å². The smallest absolute Gasteiger partial charge is 0.270 e. The molecule has 1 fully saturated rings. The van der Waals surface area contributed by atoms with Gasteiger partial charge in [0.1, 0.15) is 0 Å². The van der Waals surface area contributed by atoms with Crippen molar-refractivity contribution in [2.75, 3.05) is 44.7 Å². The van der Waals surface area contributed by atoms with Crippen LogP contribution in [0.1, 0.15) is 19.8 Å². The Bertz CT molecular complexity index is 336. The summed E-state index contributed by atoms with van der Waals surface area (Å²) in [6.07, 6.45) is 2.21. The first-order chi connectivity index (χ1) is 8.31. The van der Waals surface area contributed by atoms with E-state index >= 15 is 0 Å². The number of aromatic nitrogens is 2. The molecule has 1 aliphatic heterocycles. The number of anilines is 1. The zero-order valence-electron chi connectivity index (χ0n) is 10.6. The van der Waals surface area contributed by atoms with Gasteiger partial charge in [-0.1, -0.05) is 13.3 Å². The van der Waals surface area contributed by atoms with Crippen molar-refractivity contribution in [3.8, 4) is 5.88 Å². The molecule has 96 valence electrons. The average Bonchev–Trinajstić information content (AvgIpc) is 2.79. The molecule has 0 aliphatic carbocycles. The Balaban J connectivity index is 1.93. The Morgan fingerprint density at radius 1 is 1.24 bits per heavy atom. The van der Waals surface area contributed by atoms with Crippen LogP contribution in [0.2, 0.25) is 0 Å². The van der Waals surface area contributed by atoms with E-state index in [0.29, 0.717) is 5.88 Å². The van der Waals surface area contributed by atoms with Crippen molar-refractivity contribution in [3.05, 3.63) is 0 Å². The van der Waals surface area contributed by atoms with Gasteiger partial charge in [0.15, 0.2) is 0 Å². The Morgan fingerprint density at radius 3 is 2.71 bits per heavy atom. The summed E-state index contributed by atoms with van der Waals surface area (Å²) in [5, 5.41) is 0. The maximum absolute atomic E-state index is 5.68. The van der Waals surface area contributed by atoms with E-state index in [4.69, 9.17) is 4.74 Å². The molecule has 0 unspecified atom stereocenters. The van der Waals surface area contributed by atoms with E-state index in [1.807, 2.05) is 0 Å². The Kier molecular flexibility index (Phi) is 4.56. The van der Waals surface area contributed by atoms with Crippen LogP contribution in [0.25, 0.3) is 0 Å². The van der Waals surface area contributed by atoms with Gasteiger partial charge in [-0.2, -0.15) is 4.37 Å². The summed E-state index contributed by atoms with van der Waals surface area (Å²) < 4.78 is 14.3. The number of nitrogens with zero attached hydrogens (tertiary/aromatic N) is 4. The van der Waals surface area contributed by atoms with Crippen LogP contribution in [0.4, 0.5) is 5.82 Å². The predicted octanol–water partition coefficient (Wildman–Crippen LogP) is 1.47. The number of piperazine rings is 1. The second-order valence-corrected chi connectivity index (χ2v) is 4.91. The minimum atomic E-state index is 0.716. The van der Waals surface area contributed by atoms with Gasteiger partial charge in [0.25, 0.3) is 5.88 Å². The van der Waals surface area contributed by atoms with Crippen molar-refractivity contribution in [2.24, 2.45) is 0 Å². The van der Waals surface area contributed by atoms with Gasteiger partial charge < -0.3 is 14.5 Å². The highest BCUT2D eigenvalue weighted by atomic mass is 32.1. The van der Waals surface area contributed by atoms with Crippen molar-refractivity contribution in [3.63, 3.8) is 0 Å². The number of hydrogen-bond donors (Lipinski definition) is 0. The van der Waals surface area contributed by atoms with Gasteiger partial charge in [-0.3, -0.25) is 0 Å².